The molecule has 0 aromatic rings. The third kappa shape index (κ3) is 2.47. The van der Waals surface area contributed by atoms with Crippen LogP contribution in [0.1, 0.15) is 33.6 Å². The molecule has 0 aliphatic carbocycles. The number of fused-ring (bicyclic) bond motifs is 2. The Morgan fingerprint density at radius 3 is 2.53 bits per heavy atom. The SMILES string of the molecule is CC(C)(C)OC(=O)C1CC2CC(S)C1S2. The highest BCUT2D eigenvalue weighted by atomic mass is 32.2. The molecule has 4 heteroatoms. The highest BCUT2D eigenvalue weighted by Crippen LogP contribution is 2.51. The van der Waals surface area contributed by atoms with E-state index >= 15 is 0 Å². The van der Waals surface area contributed by atoms with Crippen LogP contribution in [-0.4, -0.2) is 27.3 Å². The highest BCUT2D eigenvalue weighted by molar-refractivity contribution is 8.02. The van der Waals surface area contributed by atoms with Crippen LogP contribution >= 0.6 is 24.4 Å². The first-order valence-corrected chi connectivity index (χ1v) is 6.89. The molecule has 2 saturated heterocycles. The van der Waals surface area contributed by atoms with Gasteiger partial charge in [0, 0.05) is 15.7 Å². The second kappa shape index (κ2) is 3.88. The molecule has 2 fully saturated rings. The molecule has 2 aliphatic heterocycles. The lowest BCUT2D eigenvalue weighted by Crippen LogP contribution is -2.36. The second-order valence-electron chi connectivity index (χ2n) is 5.40. The molecule has 4 atom stereocenters. The third-order valence-electron chi connectivity index (χ3n) is 2.86. The predicted octanol–water partition coefficient (Wildman–Crippen LogP) is 2.52. The van der Waals surface area contributed by atoms with Gasteiger partial charge in [0.05, 0.1) is 5.92 Å². The van der Waals surface area contributed by atoms with Crippen LogP contribution in [0, 0.1) is 5.92 Å². The first-order valence-electron chi connectivity index (χ1n) is 5.43. The molecule has 86 valence electrons. The quantitative estimate of drug-likeness (QED) is 0.569. The van der Waals surface area contributed by atoms with E-state index in [0.717, 1.165) is 12.8 Å². The molecule has 0 spiro atoms. The Labute approximate surface area is 101 Å². The van der Waals surface area contributed by atoms with E-state index in [9.17, 15) is 4.79 Å². The number of hydrogen-bond acceptors (Lipinski definition) is 4. The van der Waals surface area contributed by atoms with E-state index < -0.39 is 0 Å². The molecule has 2 aliphatic rings. The lowest BCUT2D eigenvalue weighted by Gasteiger charge is -2.27. The van der Waals surface area contributed by atoms with E-state index in [1.807, 2.05) is 32.5 Å². The molecule has 0 N–H and O–H groups in total. The number of hydrogen-bond donors (Lipinski definition) is 1. The molecule has 2 heterocycles. The standard InChI is InChI=1S/C11H18O2S2/c1-11(2,3)13-10(12)7-4-6-5-8(14)9(7)15-6/h6-9,14H,4-5H2,1-3H3. The minimum atomic E-state index is -0.365. The average molecular weight is 246 g/mol. The van der Waals surface area contributed by atoms with Gasteiger partial charge < -0.3 is 4.74 Å². The Balaban J connectivity index is 1.98. The molecule has 2 bridgehead atoms. The molecule has 0 amide bonds. The summed E-state index contributed by atoms with van der Waals surface area (Å²) in [6.45, 7) is 5.76. The van der Waals surface area contributed by atoms with Gasteiger partial charge in [0.25, 0.3) is 0 Å². The average Bonchev–Trinajstić information content (AvgIpc) is 2.58. The van der Waals surface area contributed by atoms with Crippen molar-refractivity contribution in [1.29, 1.82) is 0 Å². The number of carbonyl (C=O) groups is 1. The summed E-state index contributed by atoms with van der Waals surface area (Å²) in [5, 5.41) is 1.40. The summed E-state index contributed by atoms with van der Waals surface area (Å²) < 4.78 is 5.44. The van der Waals surface area contributed by atoms with E-state index in [-0.39, 0.29) is 17.5 Å². The Hall–Kier alpha value is 0.170. The van der Waals surface area contributed by atoms with E-state index in [4.69, 9.17) is 4.74 Å². The normalized spacial score (nSPS) is 39.5. The first kappa shape index (κ1) is 11.6. The lowest BCUT2D eigenvalue weighted by molar-refractivity contribution is -0.160. The number of thioether (sulfide) groups is 1. The van der Waals surface area contributed by atoms with E-state index in [1.54, 1.807) is 0 Å². The highest BCUT2D eigenvalue weighted by Gasteiger charge is 2.49. The van der Waals surface area contributed by atoms with Gasteiger partial charge in [-0.05, 0) is 33.6 Å². The van der Waals surface area contributed by atoms with Gasteiger partial charge in [0.1, 0.15) is 5.60 Å². The summed E-state index contributed by atoms with van der Waals surface area (Å²) >= 11 is 6.46. The van der Waals surface area contributed by atoms with Crippen LogP contribution in [-0.2, 0) is 9.53 Å². The maximum absolute atomic E-state index is 11.9. The Bertz CT molecular complexity index is 272. The zero-order valence-corrected chi connectivity index (χ0v) is 11.1. The number of carbonyl (C=O) groups excluding carboxylic acids is 1. The molecule has 0 radical (unpaired) electrons. The zero-order valence-electron chi connectivity index (χ0n) is 9.40. The number of thiol groups is 1. The predicted molar refractivity (Wildman–Crippen MR) is 66.5 cm³/mol. The second-order valence-corrected chi connectivity index (χ2v) is 7.55. The van der Waals surface area contributed by atoms with Crippen molar-refractivity contribution in [2.24, 2.45) is 5.92 Å². The van der Waals surface area contributed by atoms with Gasteiger partial charge in [-0.15, -0.1) is 0 Å². The van der Waals surface area contributed by atoms with Crippen LogP contribution in [0.4, 0.5) is 0 Å². The zero-order chi connectivity index (χ0) is 11.2. The molecular formula is C11H18O2S2. The van der Waals surface area contributed by atoms with Crippen LogP contribution in [0.2, 0.25) is 0 Å². The minimum Gasteiger partial charge on any atom is -0.460 e. The van der Waals surface area contributed by atoms with Crippen molar-refractivity contribution in [3.8, 4) is 0 Å². The molecule has 0 aromatic carbocycles. The summed E-state index contributed by atoms with van der Waals surface area (Å²) in [7, 11) is 0. The van der Waals surface area contributed by atoms with Gasteiger partial charge in [-0.25, -0.2) is 0 Å². The van der Waals surface area contributed by atoms with Gasteiger partial charge >= 0.3 is 5.97 Å². The Morgan fingerprint density at radius 2 is 2.07 bits per heavy atom. The molecule has 4 unspecified atom stereocenters. The third-order valence-corrected chi connectivity index (χ3v) is 5.33. The molecular weight excluding hydrogens is 228 g/mol. The molecule has 2 nitrogen and oxygen atoms in total. The van der Waals surface area contributed by atoms with Crippen molar-refractivity contribution in [1.82, 2.24) is 0 Å². The van der Waals surface area contributed by atoms with Crippen molar-refractivity contribution in [3.63, 3.8) is 0 Å². The fourth-order valence-electron chi connectivity index (χ4n) is 2.31. The van der Waals surface area contributed by atoms with E-state index in [2.05, 4.69) is 12.6 Å². The van der Waals surface area contributed by atoms with Crippen LogP contribution in [0.5, 0.6) is 0 Å². The van der Waals surface area contributed by atoms with Gasteiger partial charge in [-0.2, -0.15) is 24.4 Å². The van der Waals surface area contributed by atoms with Gasteiger partial charge in [-0.3, -0.25) is 4.79 Å². The van der Waals surface area contributed by atoms with Crippen LogP contribution in [0.15, 0.2) is 0 Å². The van der Waals surface area contributed by atoms with Crippen molar-refractivity contribution in [3.05, 3.63) is 0 Å². The van der Waals surface area contributed by atoms with Crippen LogP contribution in [0.25, 0.3) is 0 Å². The molecule has 15 heavy (non-hydrogen) atoms. The summed E-state index contributed by atoms with van der Waals surface area (Å²) in [5.41, 5.74) is -0.365. The monoisotopic (exact) mass is 246 g/mol. The summed E-state index contributed by atoms with van der Waals surface area (Å²) in [6.07, 6.45) is 2.14. The summed E-state index contributed by atoms with van der Waals surface area (Å²) in [6, 6.07) is 0. The number of ether oxygens (including phenoxy) is 1. The maximum Gasteiger partial charge on any atom is 0.310 e. The van der Waals surface area contributed by atoms with Crippen molar-refractivity contribution >= 4 is 30.4 Å². The maximum atomic E-state index is 11.9. The largest absolute Gasteiger partial charge is 0.460 e. The summed E-state index contributed by atoms with van der Waals surface area (Å²) in [4.78, 5) is 11.9. The Kier molecular flexibility index (Phi) is 3.01. The van der Waals surface area contributed by atoms with Gasteiger partial charge in [-0.1, -0.05) is 0 Å². The van der Waals surface area contributed by atoms with Crippen LogP contribution in [0.3, 0.4) is 0 Å². The van der Waals surface area contributed by atoms with Gasteiger partial charge in [0.15, 0.2) is 0 Å². The topological polar surface area (TPSA) is 26.3 Å². The van der Waals surface area contributed by atoms with Crippen molar-refractivity contribution in [2.45, 2.75) is 55.0 Å². The van der Waals surface area contributed by atoms with Crippen molar-refractivity contribution in [2.75, 3.05) is 0 Å². The smallest absolute Gasteiger partial charge is 0.310 e. The number of rotatable bonds is 1. The minimum absolute atomic E-state index is 0.0266. The Morgan fingerprint density at radius 1 is 1.40 bits per heavy atom. The molecule has 0 saturated carbocycles. The lowest BCUT2D eigenvalue weighted by atomic mass is 9.89. The van der Waals surface area contributed by atoms with Gasteiger partial charge in [0.2, 0.25) is 0 Å². The fourth-order valence-corrected chi connectivity index (χ4v) is 4.91. The van der Waals surface area contributed by atoms with E-state index in [0.29, 0.717) is 15.7 Å². The summed E-state index contributed by atoms with van der Waals surface area (Å²) in [5.74, 6) is 0.0525. The molecule has 0 aromatic heterocycles. The first-order chi connectivity index (χ1) is 6.87. The fraction of sp³-hybridized carbons (Fsp3) is 0.909. The van der Waals surface area contributed by atoms with Crippen molar-refractivity contribution < 1.29 is 9.53 Å². The van der Waals surface area contributed by atoms with E-state index in [1.165, 1.54) is 0 Å². The van der Waals surface area contributed by atoms with Crippen LogP contribution < -0.4 is 0 Å². The number of esters is 1. The molecule has 2 rings (SSSR count).